The van der Waals surface area contributed by atoms with Gasteiger partial charge in [-0.15, -0.1) is 22.0 Å². The Bertz CT molecular complexity index is 1070. The number of likely N-dealkylation sites (tertiary alicyclic amines) is 1. The summed E-state index contributed by atoms with van der Waals surface area (Å²) in [6.07, 6.45) is 3.39. The largest absolute Gasteiger partial charge is 0.322 e. The Hall–Kier alpha value is -2.43. The second kappa shape index (κ2) is 9.80. The van der Waals surface area contributed by atoms with Crippen LogP contribution in [0.25, 0.3) is 10.6 Å². The van der Waals surface area contributed by atoms with Crippen LogP contribution in [0.2, 0.25) is 0 Å². The zero-order chi connectivity index (χ0) is 21.8. The molecule has 2 aromatic carbocycles. The van der Waals surface area contributed by atoms with Crippen molar-refractivity contribution in [2.75, 3.05) is 23.4 Å². The van der Waals surface area contributed by atoms with Crippen LogP contribution >= 0.6 is 39.0 Å². The van der Waals surface area contributed by atoms with E-state index in [4.69, 9.17) is 0 Å². The van der Waals surface area contributed by atoms with Crippen molar-refractivity contribution >= 4 is 61.8 Å². The molecule has 0 radical (unpaired) electrons. The number of hydrogen-bond donors (Lipinski definition) is 2. The third-order valence-corrected chi connectivity index (χ3v) is 7.06. The molecular weight excluding hydrogens is 498 g/mol. The lowest BCUT2D eigenvalue weighted by Gasteiger charge is -2.23. The maximum atomic E-state index is 12.9. The third-order valence-electron chi connectivity index (χ3n) is 4.90. The summed E-state index contributed by atoms with van der Waals surface area (Å²) < 4.78 is 0.981. The van der Waals surface area contributed by atoms with E-state index in [1.165, 1.54) is 11.3 Å². The summed E-state index contributed by atoms with van der Waals surface area (Å²) in [5.41, 5.74) is 1.63. The highest BCUT2D eigenvalue weighted by Gasteiger charge is 2.34. The minimum absolute atomic E-state index is 0.246. The van der Waals surface area contributed by atoms with Crippen LogP contribution in [0.3, 0.4) is 0 Å². The van der Waals surface area contributed by atoms with Gasteiger partial charge in [0.15, 0.2) is 0 Å². The van der Waals surface area contributed by atoms with E-state index in [0.29, 0.717) is 23.8 Å². The van der Waals surface area contributed by atoms with E-state index in [0.717, 1.165) is 26.4 Å². The van der Waals surface area contributed by atoms with Crippen molar-refractivity contribution in [3.05, 3.63) is 53.0 Å². The van der Waals surface area contributed by atoms with Crippen LogP contribution in [0.15, 0.2) is 57.9 Å². The van der Waals surface area contributed by atoms with Gasteiger partial charge in [-0.3, -0.25) is 10.1 Å². The van der Waals surface area contributed by atoms with E-state index >= 15 is 0 Å². The highest BCUT2D eigenvalue weighted by atomic mass is 79.9. The van der Waals surface area contributed by atoms with Crippen LogP contribution in [0.4, 0.5) is 15.6 Å². The highest BCUT2D eigenvalue weighted by Crippen LogP contribution is 2.28. The molecule has 0 spiro atoms. The van der Waals surface area contributed by atoms with Crippen molar-refractivity contribution < 1.29 is 9.59 Å². The Balaban J connectivity index is 1.39. The summed E-state index contributed by atoms with van der Waals surface area (Å²) in [6.45, 7) is 0.535. The molecule has 0 bridgehead atoms. The number of halogens is 1. The average molecular weight is 518 g/mol. The van der Waals surface area contributed by atoms with Crippen molar-refractivity contribution in [3.63, 3.8) is 0 Å². The van der Waals surface area contributed by atoms with E-state index in [-0.39, 0.29) is 11.9 Å². The van der Waals surface area contributed by atoms with Gasteiger partial charge in [-0.1, -0.05) is 39.4 Å². The van der Waals surface area contributed by atoms with Gasteiger partial charge in [-0.05, 0) is 55.5 Å². The monoisotopic (exact) mass is 517 g/mol. The molecule has 2 heterocycles. The molecule has 1 atom stereocenters. The predicted octanol–water partition coefficient (Wildman–Crippen LogP) is 5.32. The lowest BCUT2D eigenvalue weighted by Crippen LogP contribution is -2.45. The van der Waals surface area contributed by atoms with Gasteiger partial charge in [0, 0.05) is 27.2 Å². The molecule has 10 heteroatoms. The number of carbonyl (C=O) groups is 2. The van der Waals surface area contributed by atoms with E-state index in [9.17, 15) is 9.59 Å². The van der Waals surface area contributed by atoms with Gasteiger partial charge in [-0.2, -0.15) is 0 Å². The van der Waals surface area contributed by atoms with Crippen molar-refractivity contribution in [3.8, 4) is 10.6 Å². The molecule has 0 saturated carbocycles. The van der Waals surface area contributed by atoms with Crippen molar-refractivity contribution in [1.82, 2.24) is 15.1 Å². The number of anilines is 2. The highest BCUT2D eigenvalue weighted by molar-refractivity contribution is 9.10. The van der Waals surface area contributed by atoms with Crippen molar-refractivity contribution in [2.24, 2.45) is 0 Å². The van der Waals surface area contributed by atoms with Crippen LogP contribution in [-0.4, -0.2) is 45.9 Å². The van der Waals surface area contributed by atoms with Crippen molar-refractivity contribution in [1.29, 1.82) is 0 Å². The van der Waals surface area contributed by atoms with E-state index in [2.05, 4.69) is 36.8 Å². The summed E-state index contributed by atoms with van der Waals surface area (Å²) in [7, 11) is 0. The number of nitrogens with one attached hydrogen (secondary N) is 2. The van der Waals surface area contributed by atoms with Gasteiger partial charge in [-0.25, -0.2) is 4.79 Å². The topological polar surface area (TPSA) is 87.2 Å². The molecular formula is C21H20BrN5O2S2. The molecule has 31 heavy (non-hydrogen) atoms. The van der Waals surface area contributed by atoms with Gasteiger partial charge in [0.1, 0.15) is 11.0 Å². The molecule has 160 valence electrons. The van der Waals surface area contributed by atoms with E-state index < -0.39 is 6.04 Å². The SMILES string of the molecule is CSc1ccc(NC(=O)N2CCCC2C(=O)Nc2nnc(-c3ccc(Br)cc3)s2)cc1. The summed E-state index contributed by atoms with van der Waals surface area (Å²) >= 11 is 6.35. The Kier molecular flexibility index (Phi) is 6.89. The molecule has 3 amide bonds. The lowest BCUT2D eigenvalue weighted by molar-refractivity contribution is -0.119. The first kappa shape index (κ1) is 21.8. The molecule has 3 aromatic rings. The number of thioether (sulfide) groups is 1. The Morgan fingerprint density at radius 2 is 1.84 bits per heavy atom. The zero-order valence-electron chi connectivity index (χ0n) is 16.7. The summed E-state index contributed by atoms with van der Waals surface area (Å²) in [5.74, 6) is -0.246. The number of rotatable bonds is 5. The van der Waals surface area contributed by atoms with Crippen LogP contribution in [-0.2, 0) is 4.79 Å². The van der Waals surface area contributed by atoms with Gasteiger partial charge in [0.2, 0.25) is 11.0 Å². The second-order valence-electron chi connectivity index (χ2n) is 6.92. The Labute approximate surface area is 196 Å². The molecule has 1 unspecified atom stereocenters. The second-order valence-corrected chi connectivity index (χ2v) is 9.69. The summed E-state index contributed by atoms with van der Waals surface area (Å²) in [4.78, 5) is 28.3. The number of benzene rings is 2. The standard InChI is InChI=1S/C21H20BrN5O2S2/c1-30-16-10-8-15(9-11-16)23-21(29)27-12-2-3-17(27)18(28)24-20-26-25-19(31-20)13-4-6-14(22)7-5-13/h4-11,17H,2-3,12H2,1H3,(H,23,29)(H,24,26,28). The van der Waals surface area contributed by atoms with Gasteiger partial charge in [0.05, 0.1) is 0 Å². The van der Waals surface area contributed by atoms with Crippen LogP contribution in [0.1, 0.15) is 12.8 Å². The molecule has 1 aliphatic heterocycles. The molecule has 7 nitrogen and oxygen atoms in total. The van der Waals surface area contributed by atoms with E-state index in [1.54, 1.807) is 16.7 Å². The van der Waals surface area contributed by atoms with Crippen LogP contribution in [0, 0.1) is 0 Å². The number of hydrogen-bond acceptors (Lipinski definition) is 6. The summed E-state index contributed by atoms with van der Waals surface area (Å²) in [5, 5.41) is 15.1. The number of nitrogens with zero attached hydrogens (tertiary/aromatic N) is 3. The molecule has 1 aromatic heterocycles. The number of aromatic nitrogens is 2. The Morgan fingerprint density at radius 3 is 2.55 bits per heavy atom. The maximum Gasteiger partial charge on any atom is 0.322 e. The lowest BCUT2D eigenvalue weighted by atomic mass is 10.2. The third kappa shape index (κ3) is 5.25. The zero-order valence-corrected chi connectivity index (χ0v) is 19.9. The fourth-order valence-corrected chi connectivity index (χ4v) is 4.75. The first-order valence-electron chi connectivity index (χ1n) is 9.65. The van der Waals surface area contributed by atoms with Gasteiger partial charge < -0.3 is 10.2 Å². The molecule has 2 N–H and O–H groups in total. The predicted molar refractivity (Wildman–Crippen MR) is 129 cm³/mol. The normalized spacial score (nSPS) is 15.7. The van der Waals surface area contributed by atoms with E-state index in [1.807, 2.05) is 54.8 Å². The number of urea groups is 1. The van der Waals surface area contributed by atoms with Gasteiger partial charge in [0.25, 0.3) is 0 Å². The molecule has 1 fully saturated rings. The quantitative estimate of drug-likeness (QED) is 0.447. The fraction of sp³-hybridized carbons (Fsp3) is 0.238. The summed E-state index contributed by atoms with van der Waals surface area (Å²) in [6, 6.07) is 14.5. The molecule has 1 aliphatic rings. The molecule has 4 rings (SSSR count). The maximum absolute atomic E-state index is 12.9. The first-order valence-corrected chi connectivity index (χ1v) is 12.5. The smallest absolute Gasteiger partial charge is 0.312 e. The average Bonchev–Trinajstić information content (AvgIpc) is 3.45. The minimum atomic E-state index is -0.537. The van der Waals surface area contributed by atoms with Crippen LogP contribution in [0.5, 0.6) is 0 Å². The first-order chi connectivity index (χ1) is 15.0. The van der Waals surface area contributed by atoms with Crippen LogP contribution < -0.4 is 10.6 Å². The number of carbonyl (C=O) groups excluding carboxylic acids is 2. The van der Waals surface area contributed by atoms with Gasteiger partial charge >= 0.3 is 6.03 Å². The van der Waals surface area contributed by atoms with Crippen molar-refractivity contribution in [2.45, 2.75) is 23.8 Å². The molecule has 0 aliphatic carbocycles. The minimum Gasteiger partial charge on any atom is -0.312 e. The Morgan fingerprint density at radius 1 is 1.10 bits per heavy atom. The molecule has 1 saturated heterocycles. The fourth-order valence-electron chi connectivity index (χ4n) is 3.32. The number of amides is 3.